The van der Waals surface area contributed by atoms with Crippen molar-refractivity contribution in [1.82, 2.24) is 4.98 Å². The molecular formula is C14H17NO. The quantitative estimate of drug-likeness (QED) is 0.829. The molecule has 1 aromatic carbocycles. The molecular weight excluding hydrogens is 198 g/mol. The molecule has 0 aliphatic rings. The van der Waals surface area contributed by atoms with E-state index in [1.807, 2.05) is 24.4 Å². The van der Waals surface area contributed by atoms with Crippen molar-refractivity contribution >= 4 is 10.8 Å². The summed E-state index contributed by atoms with van der Waals surface area (Å²) in [6.07, 6.45) is 2.73. The number of aromatic hydroxyl groups is 1. The number of hydrogen-bond donors (Lipinski definition) is 1. The molecule has 2 rings (SSSR count). The maximum atomic E-state index is 9.70. The molecule has 1 heterocycles. The fourth-order valence-electron chi connectivity index (χ4n) is 2.13. The van der Waals surface area contributed by atoms with Crippen LogP contribution in [0.1, 0.15) is 37.9 Å². The molecule has 84 valence electrons. The number of rotatable bonds is 2. The Morgan fingerprint density at radius 1 is 1.31 bits per heavy atom. The van der Waals surface area contributed by atoms with E-state index in [9.17, 15) is 5.11 Å². The molecule has 0 radical (unpaired) electrons. The van der Waals surface area contributed by atoms with Crippen LogP contribution in [0.5, 0.6) is 5.75 Å². The maximum Gasteiger partial charge on any atom is 0.116 e. The van der Waals surface area contributed by atoms with Gasteiger partial charge in [0.2, 0.25) is 0 Å². The molecule has 0 amide bonds. The van der Waals surface area contributed by atoms with E-state index in [1.54, 1.807) is 0 Å². The van der Waals surface area contributed by atoms with Crippen LogP contribution in [0.25, 0.3) is 10.8 Å². The highest BCUT2D eigenvalue weighted by Gasteiger charge is 2.10. The van der Waals surface area contributed by atoms with E-state index in [1.165, 1.54) is 10.9 Å². The minimum absolute atomic E-state index is 0.337. The number of aryl methyl sites for hydroxylation is 1. The first kappa shape index (κ1) is 10.9. The van der Waals surface area contributed by atoms with Gasteiger partial charge in [-0.15, -0.1) is 0 Å². The minimum Gasteiger partial charge on any atom is -0.508 e. The monoisotopic (exact) mass is 215 g/mol. The zero-order valence-corrected chi connectivity index (χ0v) is 9.99. The molecule has 2 aromatic rings. The number of benzene rings is 1. The van der Waals surface area contributed by atoms with E-state index in [0.717, 1.165) is 17.5 Å². The lowest BCUT2D eigenvalue weighted by molar-refractivity contribution is 0.475. The summed E-state index contributed by atoms with van der Waals surface area (Å²) in [5.74, 6) is 0.730. The molecule has 0 aliphatic carbocycles. The van der Waals surface area contributed by atoms with Crippen molar-refractivity contribution in [3.63, 3.8) is 0 Å². The Labute approximate surface area is 96.0 Å². The van der Waals surface area contributed by atoms with Crippen LogP contribution in [-0.4, -0.2) is 10.1 Å². The fraction of sp³-hybridized carbons (Fsp3) is 0.357. The lowest BCUT2D eigenvalue weighted by atomic mass is 9.94. The second kappa shape index (κ2) is 4.12. The first-order chi connectivity index (χ1) is 7.63. The Kier molecular flexibility index (Phi) is 2.82. The molecule has 0 unspecified atom stereocenters. The highest BCUT2D eigenvalue weighted by Crippen LogP contribution is 2.31. The summed E-state index contributed by atoms with van der Waals surface area (Å²) in [7, 11) is 0. The summed E-state index contributed by atoms with van der Waals surface area (Å²) in [5.41, 5.74) is 2.29. The zero-order valence-electron chi connectivity index (χ0n) is 9.99. The van der Waals surface area contributed by atoms with Gasteiger partial charge in [-0.05, 0) is 41.5 Å². The van der Waals surface area contributed by atoms with Gasteiger partial charge in [-0.25, -0.2) is 0 Å². The van der Waals surface area contributed by atoms with Gasteiger partial charge in [-0.1, -0.05) is 20.8 Å². The van der Waals surface area contributed by atoms with Crippen LogP contribution in [0.4, 0.5) is 0 Å². The number of fused-ring (bicyclic) bond motifs is 1. The van der Waals surface area contributed by atoms with E-state index in [-0.39, 0.29) is 0 Å². The van der Waals surface area contributed by atoms with Crippen LogP contribution in [0, 0.1) is 0 Å². The van der Waals surface area contributed by atoms with Crippen molar-refractivity contribution < 1.29 is 5.11 Å². The number of phenolic OH excluding ortho intramolecular Hbond substituents is 1. The average Bonchev–Trinajstić information content (AvgIpc) is 2.26. The molecule has 0 spiro atoms. The van der Waals surface area contributed by atoms with Gasteiger partial charge in [0.05, 0.1) is 0 Å². The second-order valence-electron chi connectivity index (χ2n) is 4.40. The summed E-state index contributed by atoms with van der Waals surface area (Å²) in [6.45, 7) is 6.39. The van der Waals surface area contributed by atoms with Gasteiger partial charge in [-0.2, -0.15) is 0 Å². The Bertz CT molecular complexity index is 517. The van der Waals surface area contributed by atoms with Gasteiger partial charge in [0, 0.05) is 17.3 Å². The molecule has 0 fully saturated rings. The highest BCUT2D eigenvalue weighted by atomic mass is 16.3. The van der Waals surface area contributed by atoms with E-state index >= 15 is 0 Å². The molecule has 1 N–H and O–H groups in total. The molecule has 0 bridgehead atoms. The molecule has 2 nitrogen and oxygen atoms in total. The van der Waals surface area contributed by atoms with Crippen molar-refractivity contribution in [2.75, 3.05) is 0 Å². The normalized spacial score (nSPS) is 11.2. The van der Waals surface area contributed by atoms with Gasteiger partial charge in [-0.3, -0.25) is 4.98 Å². The maximum absolute atomic E-state index is 9.70. The van der Waals surface area contributed by atoms with Gasteiger partial charge in [0.15, 0.2) is 0 Å². The third kappa shape index (κ3) is 1.75. The Morgan fingerprint density at radius 2 is 2.06 bits per heavy atom. The number of hydrogen-bond acceptors (Lipinski definition) is 2. The van der Waals surface area contributed by atoms with E-state index in [0.29, 0.717) is 11.7 Å². The van der Waals surface area contributed by atoms with E-state index in [4.69, 9.17) is 0 Å². The number of phenols is 1. The zero-order chi connectivity index (χ0) is 11.7. The van der Waals surface area contributed by atoms with Crippen molar-refractivity contribution in [3.05, 3.63) is 35.7 Å². The molecule has 0 saturated carbocycles. The Hall–Kier alpha value is -1.57. The summed E-state index contributed by atoms with van der Waals surface area (Å²) in [4.78, 5) is 4.42. The minimum atomic E-state index is 0.337. The molecule has 0 saturated heterocycles. The SMILES string of the molecule is CCc1nccc2cc(O)cc(C(C)C)c12. The smallest absolute Gasteiger partial charge is 0.116 e. The molecule has 0 aliphatic heterocycles. The second-order valence-corrected chi connectivity index (χ2v) is 4.40. The molecule has 2 heteroatoms. The van der Waals surface area contributed by atoms with Gasteiger partial charge >= 0.3 is 0 Å². The van der Waals surface area contributed by atoms with E-state index in [2.05, 4.69) is 25.8 Å². The van der Waals surface area contributed by atoms with Crippen molar-refractivity contribution in [2.45, 2.75) is 33.1 Å². The molecule has 16 heavy (non-hydrogen) atoms. The lowest BCUT2D eigenvalue weighted by Gasteiger charge is -2.13. The lowest BCUT2D eigenvalue weighted by Crippen LogP contribution is -1.96. The predicted octanol–water partition coefficient (Wildman–Crippen LogP) is 3.63. The van der Waals surface area contributed by atoms with Crippen LogP contribution < -0.4 is 0 Å². The Balaban J connectivity index is 2.85. The standard InChI is InChI=1S/C14H17NO/c1-4-13-14-10(5-6-15-13)7-11(16)8-12(14)9(2)3/h5-9,16H,4H2,1-3H3. The number of pyridine rings is 1. The average molecular weight is 215 g/mol. The number of aromatic nitrogens is 1. The van der Waals surface area contributed by atoms with Crippen molar-refractivity contribution in [3.8, 4) is 5.75 Å². The van der Waals surface area contributed by atoms with Crippen LogP contribution in [-0.2, 0) is 6.42 Å². The molecule has 1 aromatic heterocycles. The summed E-state index contributed by atoms with van der Waals surface area (Å²) in [6, 6.07) is 5.62. The summed E-state index contributed by atoms with van der Waals surface area (Å²) < 4.78 is 0. The summed E-state index contributed by atoms with van der Waals surface area (Å²) in [5, 5.41) is 12.0. The first-order valence-corrected chi connectivity index (χ1v) is 5.74. The van der Waals surface area contributed by atoms with Gasteiger partial charge in [0.1, 0.15) is 5.75 Å². The highest BCUT2D eigenvalue weighted by molar-refractivity contribution is 5.89. The fourth-order valence-corrected chi connectivity index (χ4v) is 2.13. The topological polar surface area (TPSA) is 33.1 Å². The Morgan fingerprint density at radius 3 is 2.69 bits per heavy atom. The predicted molar refractivity (Wildman–Crippen MR) is 66.9 cm³/mol. The van der Waals surface area contributed by atoms with E-state index < -0.39 is 0 Å². The van der Waals surface area contributed by atoms with Crippen molar-refractivity contribution in [1.29, 1.82) is 0 Å². The van der Waals surface area contributed by atoms with Gasteiger partial charge in [0.25, 0.3) is 0 Å². The largest absolute Gasteiger partial charge is 0.508 e. The van der Waals surface area contributed by atoms with Crippen molar-refractivity contribution in [2.24, 2.45) is 0 Å². The third-order valence-electron chi connectivity index (χ3n) is 2.91. The summed E-state index contributed by atoms with van der Waals surface area (Å²) >= 11 is 0. The van der Waals surface area contributed by atoms with Crippen LogP contribution in [0.15, 0.2) is 24.4 Å². The number of nitrogens with zero attached hydrogens (tertiary/aromatic N) is 1. The first-order valence-electron chi connectivity index (χ1n) is 5.74. The molecule has 0 atom stereocenters. The van der Waals surface area contributed by atoms with Crippen LogP contribution in [0.2, 0.25) is 0 Å². The van der Waals surface area contributed by atoms with Gasteiger partial charge < -0.3 is 5.11 Å². The van der Waals surface area contributed by atoms with Crippen LogP contribution in [0.3, 0.4) is 0 Å². The third-order valence-corrected chi connectivity index (χ3v) is 2.91. The van der Waals surface area contributed by atoms with Crippen LogP contribution >= 0.6 is 0 Å².